The molecule has 0 heterocycles. The molecule has 0 radical (unpaired) electrons. The van der Waals surface area contributed by atoms with E-state index in [4.69, 9.17) is 5.73 Å². The number of amides is 1. The Bertz CT molecular complexity index is 293. The third kappa shape index (κ3) is 4.37. The van der Waals surface area contributed by atoms with Crippen molar-refractivity contribution in [2.45, 2.75) is 0 Å². The molecule has 2 N–H and O–H groups in total. The molecule has 1 rings (SSSR count). The van der Waals surface area contributed by atoms with Crippen molar-refractivity contribution in [3.8, 4) is 0 Å². The summed E-state index contributed by atoms with van der Waals surface area (Å²) in [5.41, 5.74) is 5.93. The molecule has 0 fully saturated rings. The average Bonchev–Trinajstić information content (AvgIpc) is 2.19. The van der Waals surface area contributed by atoms with E-state index >= 15 is 0 Å². The topological polar surface area (TPSA) is 69.4 Å². The summed E-state index contributed by atoms with van der Waals surface area (Å²) in [6.07, 6.45) is 0.713. The first-order valence-corrected chi connectivity index (χ1v) is 3.91. The molecule has 0 unspecified atom stereocenters. The van der Waals surface area contributed by atoms with Crippen LogP contribution in [0.3, 0.4) is 0 Å². The Morgan fingerprint density at radius 3 is 2.00 bits per heavy atom. The molecule has 1 aromatic rings. The van der Waals surface area contributed by atoms with Gasteiger partial charge in [0, 0.05) is 25.3 Å². The van der Waals surface area contributed by atoms with Crippen molar-refractivity contribution < 1.29 is 14.3 Å². The van der Waals surface area contributed by atoms with Crippen molar-refractivity contribution in [1.29, 1.82) is 0 Å². The van der Waals surface area contributed by atoms with Crippen LogP contribution in [0.4, 0.5) is 0 Å². The average molecular weight is 195 g/mol. The number of carbonyl (C=O) groups excluding carboxylic acids is 2. The highest BCUT2D eigenvalue weighted by atomic mass is 16.4. The van der Waals surface area contributed by atoms with Gasteiger partial charge >= 0.3 is 0 Å². The number of methoxy groups -OCH3 is 1. The van der Waals surface area contributed by atoms with Crippen LogP contribution >= 0.6 is 0 Å². The second-order valence-electron chi connectivity index (χ2n) is 2.51. The van der Waals surface area contributed by atoms with Gasteiger partial charge in [-0.05, 0) is 12.1 Å². The molecular formula is C10H13NO3. The summed E-state index contributed by atoms with van der Waals surface area (Å²) in [5.74, 6) is -0.484. The van der Waals surface area contributed by atoms with Crippen LogP contribution in [0.25, 0.3) is 0 Å². The number of rotatable bonds is 2. The molecule has 14 heavy (non-hydrogen) atoms. The Kier molecular flexibility index (Phi) is 5.98. The highest BCUT2D eigenvalue weighted by Gasteiger charge is 1.97. The van der Waals surface area contributed by atoms with E-state index in [1.165, 1.54) is 12.1 Å². The SMILES string of the molecule is COC.NC(=O)c1ccc(C=O)cc1. The summed E-state index contributed by atoms with van der Waals surface area (Å²) >= 11 is 0. The fraction of sp³-hybridized carbons (Fsp3) is 0.200. The summed E-state index contributed by atoms with van der Waals surface area (Å²) in [6.45, 7) is 0. The molecular weight excluding hydrogens is 182 g/mol. The maximum atomic E-state index is 10.5. The minimum atomic E-state index is -0.484. The van der Waals surface area contributed by atoms with Crippen LogP contribution in [0.15, 0.2) is 24.3 Å². The molecule has 0 aliphatic carbocycles. The minimum Gasteiger partial charge on any atom is -0.388 e. The number of hydrogen-bond donors (Lipinski definition) is 1. The van der Waals surface area contributed by atoms with Crippen LogP contribution in [0.5, 0.6) is 0 Å². The lowest BCUT2D eigenvalue weighted by Gasteiger charge is -1.93. The number of ether oxygens (including phenoxy) is 1. The van der Waals surface area contributed by atoms with Gasteiger partial charge in [-0.2, -0.15) is 0 Å². The van der Waals surface area contributed by atoms with E-state index in [0.29, 0.717) is 17.4 Å². The van der Waals surface area contributed by atoms with E-state index in [9.17, 15) is 9.59 Å². The quantitative estimate of drug-likeness (QED) is 0.711. The number of nitrogens with two attached hydrogens (primary N) is 1. The van der Waals surface area contributed by atoms with Crippen LogP contribution in [-0.2, 0) is 4.74 Å². The van der Waals surface area contributed by atoms with Gasteiger partial charge in [-0.1, -0.05) is 12.1 Å². The lowest BCUT2D eigenvalue weighted by molar-refractivity contribution is 0.0999. The fourth-order valence-electron chi connectivity index (χ4n) is 0.726. The van der Waals surface area contributed by atoms with Crippen LogP contribution in [0.1, 0.15) is 20.7 Å². The molecule has 0 bridgehead atoms. The van der Waals surface area contributed by atoms with Crippen molar-refractivity contribution in [2.24, 2.45) is 5.73 Å². The Morgan fingerprint density at radius 1 is 1.29 bits per heavy atom. The molecule has 1 aromatic carbocycles. The molecule has 0 aromatic heterocycles. The highest BCUT2D eigenvalue weighted by Crippen LogP contribution is 2.00. The number of aldehydes is 1. The first kappa shape index (κ1) is 12.3. The van der Waals surface area contributed by atoms with Crippen molar-refractivity contribution >= 4 is 12.2 Å². The molecule has 0 aliphatic heterocycles. The van der Waals surface area contributed by atoms with Crippen molar-refractivity contribution in [3.63, 3.8) is 0 Å². The van der Waals surface area contributed by atoms with Gasteiger partial charge in [-0.25, -0.2) is 0 Å². The van der Waals surface area contributed by atoms with Crippen LogP contribution < -0.4 is 5.73 Å². The van der Waals surface area contributed by atoms with Gasteiger partial charge in [-0.15, -0.1) is 0 Å². The molecule has 0 saturated heterocycles. The van der Waals surface area contributed by atoms with E-state index in [0.717, 1.165) is 0 Å². The molecule has 0 atom stereocenters. The van der Waals surface area contributed by atoms with Crippen molar-refractivity contribution in [3.05, 3.63) is 35.4 Å². The van der Waals surface area contributed by atoms with E-state index in [1.807, 2.05) is 0 Å². The zero-order valence-electron chi connectivity index (χ0n) is 8.19. The second-order valence-corrected chi connectivity index (χ2v) is 2.51. The zero-order valence-corrected chi connectivity index (χ0v) is 8.19. The molecule has 4 nitrogen and oxygen atoms in total. The number of primary amides is 1. The van der Waals surface area contributed by atoms with E-state index in [2.05, 4.69) is 4.74 Å². The van der Waals surface area contributed by atoms with Gasteiger partial charge < -0.3 is 10.5 Å². The summed E-state index contributed by atoms with van der Waals surface area (Å²) in [5, 5.41) is 0. The molecule has 1 amide bonds. The Morgan fingerprint density at radius 2 is 1.71 bits per heavy atom. The molecule has 76 valence electrons. The minimum absolute atomic E-state index is 0.413. The molecule has 0 spiro atoms. The monoisotopic (exact) mass is 195 g/mol. The molecule has 0 saturated carbocycles. The standard InChI is InChI=1S/C8H7NO2.C2H6O/c9-8(11)7-3-1-6(5-10)2-4-7;1-3-2/h1-5H,(H2,9,11);1-2H3. The summed E-state index contributed by atoms with van der Waals surface area (Å²) in [7, 11) is 3.25. The maximum Gasteiger partial charge on any atom is 0.248 e. The van der Waals surface area contributed by atoms with Gasteiger partial charge in [0.25, 0.3) is 0 Å². The fourth-order valence-corrected chi connectivity index (χ4v) is 0.726. The van der Waals surface area contributed by atoms with Gasteiger partial charge in [0.05, 0.1) is 0 Å². The third-order valence-electron chi connectivity index (χ3n) is 1.33. The van der Waals surface area contributed by atoms with Crippen molar-refractivity contribution in [1.82, 2.24) is 0 Å². The van der Waals surface area contributed by atoms with Gasteiger partial charge in [-0.3, -0.25) is 9.59 Å². The van der Waals surface area contributed by atoms with Gasteiger partial charge in [0.2, 0.25) is 5.91 Å². The number of carbonyl (C=O) groups is 2. The third-order valence-corrected chi connectivity index (χ3v) is 1.33. The second kappa shape index (κ2) is 6.80. The Balaban J connectivity index is 0.000000500. The first-order valence-electron chi connectivity index (χ1n) is 3.91. The van der Waals surface area contributed by atoms with Crippen LogP contribution in [0.2, 0.25) is 0 Å². The van der Waals surface area contributed by atoms with Crippen LogP contribution in [0, 0.1) is 0 Å². The maximum absolute atomic E-state index is 10.5. The van der Waals surface area contributed by atoms with Gasteiger partial charge in [0.15, 0.2) is 0 Å². The first-order chi connectivity index (χ1) is 6.65. The van der Waals surface area contributed by atoms with Crippen LogP contribution in [-0.4, -0.2) is 26.4 Å². The summed E-state index contributed by atoms with van der Waals surface area (Å²) in [4.78, 5) is 20.7. The lowest BCUT2D eigenvalue weighted by Crippen LogP contribution is -2.10. The number of hydrogen-bond acceptors (Lipinski definition) is 3. The summed E-state index contributed by atoms with van der Waals surface area (Å²) in [6, 6.07) is 6.14. The zero-order chi connectivity index (χ0) is 11.0. The van der Waals surface area contributed by atoms with Gasteiger partial charge in [0.1, 0.15) is 6.29 Å². The van der Waals surface area contributed by atoms with E-state index < -0.39 is 5.91 Å². The Hall–Kier alpha value is -1.68. The lowest BCUT2D eigenvalue weighted by atomic mass is 10.1. The predicted octanol–water partition coefficient (Wildman–Crippen LogP) is 0.861. The van der Waals surface area contributed by atoms with Crippen molar-refractivity contribution in [2.75, 3.05) is 14.2 Å². The normalized spacial score (nSPS) is 8.43. The van der Waals surface area contributed by atoms with E-state index in [1.54, 1.807) is 26.4 Å². The molecule has 4 heteroatoms. The highest BCUT2D eigenvalue weighted by molar-refractivity contribution is 5.93. The summed E-state index contributed by atoms with van der Waals surface area (Å²) < 4.78 is 4.25. The predicted molar refractivity (Wildman–Crippen MR) is 53.3 cm³/mol. The smallest absolute Gasteiger partial charge is 0.248 e. The number of benzene rings is 1. The largest absolute Gasteiger partial charge is 0.388 e. The Labute approximate surface area is 82.7 Å². The molecule has 0 aliphatic rings. The van der Waals surface area contributed by atoms with E-state index in [-0.39, 0.29) is 0 Å².